The number of amides is 1. The fraction of sp³-hybridized carbons (Fsp3) is 0.474. The second-order valence-corrected chi connectivity index (χ2v) is 6.83. The molecule has 1 aromatic heterocycles. The number of carbonyl (C=O) groups excluding carboxylic acids is 1. The molecular formula is C19H25N3O2. The zero-order valence-corrected chi connectivity index (χ0v) is 14.6. The first-order valence-corrected chi connectivity index (χ1v) is 8.60. The number of phenols is 1. The summed E-state index contributed by atoms with van der Waals surface area (Å²) in [5, 5.41) is 17.6. The van der Waals surface area contributed by atoms with Crippen LogP contribution in [0, 0.1) is 13.8 Å². The minimum Gasteiger partial charge on any atom is -0.507 e. The van der Waals surface area contributed by atoms with E-state index in [1.54, 1.807) is 6.07 Å². The van der Waals surface area contributed by atoms with Crippen molar-refractivity contribution in [3.8, 4) is 5.75 Å². The SMILES string of the molecule is Cc1cc(C)n(C[C@H](C)NC(=O)c2cc3c(cc2O)CCCC3)n1. The molecule has 0 radical (unpaired) electrons. The average Bonchev–Trinajstić information content (AvgIpc) is 2.83. The van der Waals surface area contributed by atoms with Crippen LogP contribution < -0.4 is 5.32 Å². The van der Waals surface area contributed by atoms with E-state index in [0.717, 1.165) is 37.1 Å². The maximum absolute atomic E-state index is 12.5. The van der Waals surface area contributed by atoms with Gasteiger partial charge >= 0.3 is 0 Å². The van der Waals surface area contributed by atoms with E-state index >= 15 is 0 Å². The first-order chi connectivity index (χ1) is 11.4. The van der Waals surface area contributed by atoms with Gasteiger partial charge in [-0.05, 0) is 75.8 Å². The minimum atomic E-state index is -0.227. The Kier molecular flexibility index (Phi) is 4.60. The van der Waals surface area contributed by atoms with Crippen molar-refractivity contribution in [1.82, 2.24) is 15.1 Å². The standard InChI is InChI=1S/C19H25N3O2/c1-12-8-14(3)22(21-12)11-13(2)20-19(24)17-9-15-6-4-5-7-16(15)10-18(17)23/h8-10,13,23H,4-7,11H2,1-3H3,(H,20,24)/t13-/m0/s1. The number of hydrogen-bond acceptors (Lipinski definition) is 3. The lowest BCUT2D eigenvalue weighted by Crippen LogP contribution is -2.36. The van der Waals surface area contributed by atoms with Crippen molar-refractivity contribution in [2.45, 2.75) is 59.0 Å². The van der Waals surface area contributed by atoms with Gasteiger partial charge in [-0.15, -0.1) is 0 Å². The second kappa shape index (κ2) is 6.67. The summed E-state index contributed by atoms with van der Waals surface area (Å²) in [5.74, 6) is -0.152. The van der Waals surface area contributed by atoms with Crippen molar-refractivity contribution in [1.29, 1.82) is 0 Å². The summed E-state index contributed by atoms with van der Waals surface area (Å²) in [7, 11) is 0. The lowest BCUT2D eigenvalue weighted by molar-refractivity contribution is 0.0933. The molecule has 1 aliphatic rings. The van der Waals surface area contributed by atoms with Gasteiger partial charge in [0.2, 0.25) is 0 Å². The number of aryl methyl sites for hydroxylation is 4. The Balaban J connectivity index is 1.71. The molecule has 0 bridgehead atoms. The lowest BCUT2D eigenvalue weighted by atomic mass is 9.90. The number of nitrogens with one attached hydrogen (secondary N) is 1. The maximum atomic E-state index is 12.5. The number of fused-ring (bicyclic) bond motifs is 1. The van der Waals surface area contributed by atoms with Crippen LogP contribution in [0.2, 0.25) is 0 Å². The van der Waals surface area contributed by atoms with Gasteiger partial charge in [-0.25, -0.2) is 0 Å². The van der Waals surface area contributed by atoms with Gasteiger partial charge in [-0.3, -0.25) is 9.48 Å². The van der Waals surface area contributed by atoms with E-state index in [-0.39, 0.29) is 17.7 Å². The Hall–Kier alpha value is -2.30. The third-order valence-corrected chi connectivity index (χ3v) is 4.63. The second-order valence-electron chi connectivity index (χ2n) is 6.83. The summed E-state index contributed by atoms with van der Waals surface area (Å²) in [4.78, 5) is 12.5. The van der Waals surface area contributed by atoms with Gasteiger partial charge in [-0.2, -0.15) is 5.10 Å². The molecule has 0 aliphatic heterocycles. The molecule has 0 spiro atoms. The van der Waals surface area contributed by atoms with Crippen LogP contribution in [0.1, 0.15) is 52.6 Å². The monoisotopic (exact) mass is 327 g/mol. The van der Waals surface area contributed by atoms with Crippen LogP contribution in [0.3, 0.4) is 0 Å². The third kappa shape index (κ3) is 3.45. The van der Waals surface area contributed by atoms with Crippen LogP contribution >= 0.6 is 0 Å². The molecule has 0 saturated heterocycles. The maximum Gasteiger partial charge on any atom is 0.255 e. The highest BCUT2D eigenvalue weighted by Gasteiger charge is 2.19. The predicted octanol–water partition coefficient (Wildman–Crippen LogP) is 2.90. The Labute approximate surface area is 142 Å². The molecule has 5 nitrogen and oxygen atoms in total. The number of phenolic OH excluding ortho intramolecular Hbond substituents is 1. The van der Waals surface area contributed by atoms with Gasteiger partial charge in [0.25, 0.3) is 5.91 Å². The smallest absolute Gasteiger partial charge is 0.255 e. The van der Waals surface area contributed by atoms with E-state index in [1.165, 1.54) is 11.1 Å². The molecule has 24 heavy (non-hydrogen) atoms. The molecular weight excluding hydrogens is 302 g/mol. The topological polar surface area (TPSA) is 67.2 Å². The fourth-order valence-electron chi connectivity index (χ4n) is 3.42. The first kappa shape index (κ1) is 16.6. The van der Waals surface area contributed by atoms with Crippen molar-refractivity contribution in [2.24, 2.45) is 0 Å². The van der Waals surface area contributed by atoms with Crippen LogP contribution in [0.15, 0.2) is 18.2 Å². The van der Waals surface area contributed by atoms with Crippen molar-refractivity contribution in [3.63, 3.8) is 0 Å². The van der Waals surface area contributed by atoms with Gasteiger partial charge in [0.15, 0.2) is 0 Å². The zero-order valence-electron chi connectivity index (χ0n) is 14.6. The predicted molar refractivity (Wildman–Crippen MR) is 93.4 cm³/mol. The highest BCUT2D eigenvalue weighted by Crippen LogP contribution is 2.28. The van der Waals surface area contributed by atoms with Crippen molar-refractivity contribution in [3.05, 3.63) is 46.3 Å². The van der Waals surface area contributed by atoms with E-state index in [0.29, 0.717) is 12.1 Å². The van der Waals surface area contributed by atoms with E-state index in [9.17, 15) is 9.90 Å². The van der Waals surface area contributed by atoms with Gasteiger partial charge < -0.3 is 10.4 Å². The molecule has 5 heteroatoms. The molecule has 1 aliphatic carbocycles. The third-order valence-electron chi connectivity index (χ3n) is 4.63. The van der Waals surface area contributed by atoms with E-state index in [1.807, 2.05) is 37.6 Å². The highest BCUT2D eigenvalue weighted by molar-refractivity contribution is 5.97. The number of aromatic hydroxyl groups is 1. The normalized spacial score (nSPS) is 15.0. The summed E-state index contributed by atoms with van der Waals surface area (Å²) in [5.41, 5.74) is 4.78. The van der Waals surface area contributed by atoms with Crippen LogP contribution in [0.25, 0.3) is 0 Å². The van der Waals surface area contributed by atoms with Crippen LogP contribution in [0.5, 0.6) is 5.75 Å². The molecule has 1 heterocycles. The van der Waals surface area contributed by atoms with E-state index in [4.69, 9.17) is 0 Å². The first-order valence-electron chi connectivity index (χ1n) is 8.60. The molecule has 0 fully saturated rings. The number of benzene rings is 1. The fourth-order valence-corrected chi connectivity index (χ4v) is 3.42. The molecule has 128 valence electrons. The average molecular weight is 327 g/mol. The minimum absolute atomic E-state index is 0.0754. The van der Waals surface area contributed by atoms with Gasteiger partial charge in [0.05, 0.1) is 17.8 Å². The van der Waals surface area contributed by atoms with Crippen molar-refractivity contribution >= 4 is 5.91 Å². The number of hydrogen-bond donors (Lipinski definition) is 2. The highest BCUT2D eigenvalue weighted by atomic mass is 16.3. The molecule has 0 saturated carbocycles. The number of aromatic nitrogens is 2. The number of rotatable bonds is 4. The summed E-state index contributed by atoms with van der Waals surface area (Å²) in [6.45, 7) is 6.52. The Morgan fingerprint density at radius 3 is 2.54 bits per heavy atom. The Morgan fingerprint density at radius 1 is 1.25 bits per heavy atom. The quantitative estimate of drug-likeness (QED) is 0.907. The molecule has 1 atom stereocenters. The molecule has 2 aromatic rings. The summed E-state index contributed by atoms with van der Waals surface area (Å²) < 4.78 is 1.90. The van der Waals surface area contributed by atoms with Crippen LogP contribution in [-0.4, -0.2) is 26.8 Å². The Morgan fingerprint density at radius 2 is 1.92 bits per heavy atom. The van der Waals surface area contributed by atoms with Gasteiger partial charge in [0, 0.05) is 11.7 Å². The summed E-state index contributed by atoms with van der Waals surface area (Å²) in [6, 6.07) is 5.56. The molecule has 1 amide bonds. The van der Waals surface area contributed by atoms with Crippen LogP contribution in [0.4, 0.5) is 0 Å². The largest absolute Gasteiger partial charge is 0.507 e. The number of nitrogens with zero attached hydrogens (tertiary/aromatic N) is 2. The van der Waals surface area contributed by atoms with E-state index in [2.05, 4.69) is 10.4 Å². The van der Waals surface area contributed by atoms with Gasteiger partial charge in [0.1, 0.15) is 5.75 Å². The molecule has 0 unspecified atom stereocenters. The van der Waals surface area contributed by atoms with Gasteiger partial charge in [-0.1, -0.05) is 0 Å². The lowest BCUT2D eigenvalue weighted by Gasteiger charge is -2.19. The zero-order chi connectivity index (χ0) is 17.3. The molecule has 3 rings (SSSR count). The molecule has 2 N–H and O–H groups in total. The van der Waals surface area contributed by atoms with Crippen molar-refractivity contribution in [2.75, 3.05) is 0 Å². The van der Waals surface area contributed by atoms with E-state index < -0.39 is 0 Å². The summed E-state index contributed by atoms with van der Waals surface area (Å²) in [6.07, 6.45) is 4.27. The van der Waals surface area contributed by atoms with Crippen molar-refractivity contribution < 1.29 is 9.90 Å². The Bertz CT molecular complexity index is 764. The summed E-state index contributed by atoms with van der Waals surface area (Å²) >= 11 is 0. The molecule has 1 aromatic carbocycles. The van der Waals surface area contributed by atoms with Crippen LogP contribution in [-0.2, 0) is 19.4 Å². The number of carbonyl (C=O) groups is 1.